The molecule has 2 aromatic heterocycles. The predicted octanol–water partition coefficient (Wildman–Crippen LogP) is 4.50. The second-order valence-electron chi connectivity index (χ2n) is 7.24. The van der Waals surface area contributed by atoms with Crippen molar-refractivity contribution in [3.05, 3.63) is 76.6 Å². The number of H-pyrrole nitrogens is 1. The maximum Gasteiger partial charge on any atom is 0.262 e. The third-order valence-electron chi connectivity index (χ3n) is 5.00. The van der Waals surface area contributed by atoms with Crippen molar-refractivity contribution in [3.8, 4) is 22.6 Å². The number of aromatic nitrogens is 2. The summed E-state index contributed by atoms with van der Waals surface area (Å²) in [6.45, 7) is 1.47. The standard InChI is InChI=1S/C22H18F3N3O4S/c1-3-33(30,31)27-13-5-7-18(32-19-6-4-12(23)8-16(19)24)14(9-13)15-11-28(2)22(29)20-17(25)10-26-21(15)20/h4-11,26-27H,3H2,1-2H3. The van der Waals surface area contributed by atoms with Crippen LogP contribution in [0, 0.1) is 17.5 Å². The number of anilines is 1. The Hall–Kier alpha value is -3.73. The molecule has 0 saturated heterocycles. The first-order valence-electron chi connectivity index (χ1n) is 9.73. The fourth-order valence-corrected chi connectivity index (χ4v) is 3.97. The van der Waals surface area contributed by atoms with Crippen LogP contribution in [0.25, 0.3) is 22.0 Å². The van der Waals surface area contributed by atoms with E-state index < -0.39 is 33.0 Å². The summed E-state index contributed by atoms with van der Waals surface area (Å²) in [5, 5.41) is -0.201. The van der Waals surface area contributed by atoms with Crippen LogP contribution in [0.5, 0.6) is 11.5 Å². The summed E-state index contributed by atoms with van der Waals surface area (Å²) in [6, 6.07) is 6.99. The van der Waals surface area contributed by atoms with Gasteiger partial charge in [-0.25, -0.2) is 21.6 Å². The molecule has 0 amide bonds. The molecular formula is C22H18F3N3O4S. The Morgan fingerprint density at radius 1 is 1.03 bits per heavy atom. The van der Waals surface area contributed by atoms with Gasteiger partial charge < -0.3 is 14.3 Å². The summed E-state index contributed by atoms with van der Waals surface area (Å²) in [5.74, 6) is -2.89. The Labute approximate surface area is 186 Å². The second-order valence-corrected chi connectivity index (χ2v) is 9.25. The summed E-state index contributed by atoms with van der Waals surface area (Å²) >= 11 is 0. The average molecular weight is 477 g/mol. The minimum atomic E-state index is -3.62. The lowest BCUT2D eigenvalue weighted by Gasteiger charge is -2.16. The third-order valence-corrected chi connectivity index (χ3v) is 6.30. The quantitative estimate of drug-likeness (QED) is 0.428. The molecule has 33 heavy (non-hydrogen) atoms. The van der Waals surface area contributed by atoms with E-state index in [0.717, 1.165) is 18.3 Å². The lowest BCUT2D eigenvalue weighted by atomic mass is 10.0. The van der Waals surface area contributed by atoms with Crippen molar-refractivity contribution >= 4 is 26.6 Å². The highest BCUT2D eigenvalue weighted by Gasteiger charge is 2.20. The Kier molecular flexibility index (Phi) is 5.66. The van der Waals surface area contributed by atoms with E-state index in [1.54, 1.807) is 0 Å². The van der Waals surface area contributed by atoms with Crippen molar-refractivity contribution in [2.24, 2.45) is 7.05 Å². The van der Waals surface area contributed by atoms with E-state index in [2.05, 4.69) is 9.71 Å². The van der Waals surface area contributed by atoms with Crippen molar-refractivity contribution in [1.82, 2.24) is 9.55 Å². The van der Waals surface area contributed by atoms with Crippen LogP contribution in [0.4, 0.5) is 18.9 Å². The number of hydrogen-bond acceptors (Lipinski definition) is 4. The van der Waals surface area contributed by atoms with Crippen LogP contribution in [0.3, 0.4) is 0 Å². The van der Waals surface area contributed by atoms with Gasteiger partial charge in [-0.1, -0.05) is 0 Å². The van der Waals surface area contributed by atoms with E-state index in [9.17, 15) is 26.4 Å². The van der Waals surface area contributed by atoms with Crippen molar-refractivity contribution in [2.75, 3.05) is 10.5 Å². The minimum Gasteiger partial charge on any atom is -0.454 e. The Morgan fingerprint density at radius 3 is 2.45 bits per heavy atom. The number of halogens is 3. The fraction of sp³-hybridized carbons (Fsp3) is 0.136. The van der Waals surface area contributed by atoms with Gasteiger partial charge >= 0.3 is 0 Å². The van der Waals surface area contributed by atoms with E-state index in [4.69, 9.17) is 4.74 Å². The molecule has 0 fully saturated rings. The van der Waals surface area contributed by atoms with Gasteiger partial charge in [0.15, 0.2) is 17.4 Å². The first-order chi connectivity index (χ1) is 15.6. The van der Waals surface area contributed by atoms with Crippen molar-refractivity contribution in [2.45, 2.75) is 6.92 Å². The van der Waals surface area contributed by atoms with Gasteiger partial charge in [0, 0.05) is 42.3 Å². The molecule has 7 nitrogen and oxygen atoms in total. The molecule has 0 atom stereocenters. The van der Waals surface area contributed by atoms with Gasteiger partial charge in [-0.15, -0.1) is 0 Å². The van der Waals surface area contributed by atoms with Crippen LogP contribution in [-0.4, -0.2) is 23.7 Å². The topological polar surface area (TPSA) is 93.2 Å². The van der Waals surface area contributed by atoms with E-state index >= 15 is 0 Å². The molecular weight excluding hydrogens is 459 g/mol. The maximum atomic E-state index is 14.3. The number of aromatic amines is 1. The number of benzene rings is 2. The predicted molar refractivity (Wildman–Crippen MR) is 118 cm³/mol. The molecule has 0 aliphatic carbocycles. The highest BCUT2D eigenvalue weighted by molar-refractivity contribution is 7.92. The van der Waals surface area contributed by atoms with Crippen LogP contribution in [-0.2, 0) is 17.1 Å². The highest BCUT2D eigenvalue weighted by atomic mass is 32.2. The number of pyridine rings is 1. The van der Waals surface area contributed by atoms with E-state index in [-0.39, 0.29) is 39.4 Å². The third kappa shape index (κ3) is 4.31. The molecule has 0 saturated carbocycles. The SMILES string of the molecule is CCS(=O)(=O)Nc1ccc(Oc2ccc(F)cc2F)c(-c2cn(C)c(=O)c3c(F)c[nH]c23)c1. The smallest absolute Gasteiger partial charge is 0.262 e. The molecule has 0 unspecified atom stereocenters. The van der Waals surface area contributed by atoms with Gasteiger partial charge in [-0.05, 0) is 37.3 Å². The number of sulfonamides is 1. The molecule has 0 spiro atoms. The first-order valence-corrected chi connectivity index (χ1v) is 11.4. The lowest BCUT2D eigenvalue weighted by Crippen LogP contribution is -2.17. The van der Waals surface area contributed by atoms with Crippen molar-refractivity contribution in [3.63, 3.8) is 0 Å². The highest BCUT2D eigenvalue weighted by Crippen LogP contribution is 2.39. The molecule has 4 rings (SSSR count). The maximum absolute atomic E-state index is 14.3. The second kappa shape index (κ2) is 8.32. The van der Waals surface area contributed by atoms with E-state index in [0.29, 0.717) is 11.6 Å². The molecule has 2 heterocycles. The summed E-state index contributed by atoms with van der Waals surface area (Å²) in [5.41, 5.74) is 0.272. The van der Waals surface area contributed by atoms with Gasteiger partial charge in [0.1, 0.15) is 17.0 Å². The molecule has 0 aliphatic heterocycles. The number of rotatable bonds is 6. The molecule has 11 heteroatoms. The van der Waals surface area contributed by atoms with Crippen LogP contribution in [0.15, 0.2) is 53.6 Å². The molecule has 2 N–H and O–H groups in total. The molecule has 172 valence electrons. The normalized spacial score (nSPS) is 11.7. The van der Waals surface area contributed by atoms with Crippen LogP contribution < -0.4 is 15.0 Å². The minimum absolute atomic E-state index is 0.0647. The molecule has 4 aromatic rings. The Balaban J connectivity index is 1.95. The van der Waals surface area contributed by atoms with Crippen LogP contribution in [0.2, 0.25) is 0 Å². The first kappa shape index (κ1) is 22.5. The molecule has 0 bridgehead atoms. The van der Waals surface area contributed by atoms with Gasteiger partial charge in [0.25, 0.3) is 5.56 Å². The summed E-state index contributed by atoms with van der Waals surface area (Å²) in [4.78, 5) is 15.1. The van der Waals surface area contributed by atoms with Crippen molar-refractivity contribution in [1.29, 1.82) is 0 Å². The zero-order chi connectivity index (χ0) is 23.9. The van der Waals surface area contributed by atoms with Crippen LogP contribution >= 0.6 is 0 Å². The number of hydrogen-bond donors (Lipinski definition) is 2. The van der Waals surface area contributed by atoms with Gasteiger partial charge in [-0.3, -0.25) is 9.52 Å². The largest absolute Gasteiger partial charge is 0.454 e. The zero-order valence-corrected chi connectivity index (χ0v) is 18.3. The van der Waals surface area contributed by atoms with Crippen LogP contribution in [0.1, 0.15) is 6.92 Å². The molecule has 2 aromatic carbocycles. The lowest BCUT2D eigenvalue weighted by molar-refractivity contribution is 0.439. The summed E-state index contributed by atoms with van der Waals surface area (Å²) in [7, 11) is -2.19. The number of ether oxygens (including phenoxy) is 1. The van der Waals surface area contributed by atoms with Gasteiger partial charge in [-0.2, -0.15) is 0 Å². The fourth-order valence-electron chi connectivity index (χ4n) is 3.34. The summed E-state index contributed by atoms with van der Waals surface area (Å²) < 4.78 is 75.2. The number of aryl methyl sites for hydroxylation is 1. The molecule has 0 aliphatic rings. The van der Waals surface area contributed by atoms with Gasteiger partial charge in [0.2, 0.25) is 10.0 Å². The number of nitrogens with one attached hydrogen (secondary N) is 2. The summed E-state index contributed by atoms with van der Waals surface area (Å²) in [6.07, 6.45) is 2.45. The Bertz CT molecular complexity index is 1540. The average Bonchev–Trinajstić information content (AvgIpc) is 3.15. The number of fused-ring (bicyclic) bond motifs is 1. The van der Waals surface area contributed by atoms with Gasteiger partial charge in [0.05, 0.1) is 11.3 Å². The molecule has 0 radical (unpaired) electrons. The number of nitrogens with zero attached hydrogens (tertiary/aromatic N) is 1. The van der Waals surface area contributed by atoms with E-state index in [1.165, 1.54) is 42.9 Å². The van der Waals surface area contributed by atoms with Crippen molar-refractivity contribution < 1.29 is 26.3 Å². The Morgan fingerprint density at radius 2 is 1.76 bits per heavy atom. The zero-order valence-electron chi connectivity index (χ0n) is 17.4. The monoisotopic (exact) mass is 477 g/mol. The van der Waals surface area contributed by atoms with E-state index in [1.807, 2.05) is 0 Å².